The Morgan fingerprint density at radius 2 is 2.21 bits per heavy atom. The Morgan fingerprint density at radius 3 is 2.89 bits per heavy atom. The van der Waals surface area contributed by atoms with Gasteiger partial charge in [0.05, 0.1) is 23.5 Å². The molecule has 0 bridgehead atoms. The van der Waals surface area contributed by atoms with E-state index in [1.54, 1.807) is 35.3 Å². The van der Waals surface area contributed by atoms with Crippen LogP contribution in [0.1, 0.15) is 0 Å². The third-order valence-corrected chi connectivity index (χ3v) is 2.79. The lowest BCUT2D eigenvalue weighted by molar-refractivity contribution is 0.604. The summed E-state index contributed by atoms with van der Waals surface area (Å²) in [6.45, 7) is 1.18. The molecule has 0 amide bonds. The molecule has 0 spiro atoms. The molecule has 0 atom stereocenters. The molecular weight excluding hydrogens is 287 g/mol. The van der Waals surface area contributed by atoms with Gasteiger partial charge in [-0.15, -0.1) is 0 Å². The molecule has 7 heteroatoms. The molecule has 0 aliphatic heterocycles. The number of halogens is 2. The number of rotatable bonds is 4. The Hall–Kier alpha value is -1.66. The minimum Gasteiger partial charge on any atom is -0.361 e. The van der Waals surface area contributed by atoms with E-state index in [1.807, 2.05) is 0 Å². The number of hydrogen-bond donors (Lipinski definition) is 2. The summed E-state index contributed by atoms with van der Waals surface area (Å²) in [6, 6.07) is 6.35. The first-order valence-electron chi connectivity index (χ1n) is 5.62. The Kier molecular flexibility index (Phi) is 4.70. The van der Waals surface area contributed by atoms with E-state index in [0.29, 0.717) is 28.9 Å². The van der Waals surface area contributed by atoms with Gasteiger partial charge >= 0.3 is 0 Å². The van der Waals surface area contributed by atoms with E-state index in [-0.39, 0.29) is 5.82 Å². The molecule has 0 saturated heterocycles. The second kappa shape index (κ2) is 6.49. The zero-order valence-electron chi connectivity index (χ0n) is 9.94. The van der Waals surface area contributed by atoms with Crippen LogP contribution in [0.5, 0.6) is 0 Å². The summed E-state index contributed by atoms with van der Waals surface area (Å²) in [5, 5.41) is 10.7. The van der Waals surface area contributed by atoms with Gasteiger partial charge in [0.15, 0.2) is 5.11 Å². The molecule has 0 aliphatic carbocycles. The smallest absolute Gasteiger partial charge is 0.170 e. The van der Waals surface area contributed by atoms with Gasteiger partial charge in [0.2, 0.25) is 0 Å². The van der Waals surface area contributed by atoms with E-state index >= 15 is 0 Å². The van der Waals surface area contributed by atoms with E-state index in [1.165, 1.54) is 6.07 Å². The fraction of sp³-hybridized carbons (Fsp3) is 0.167. The molecule has 0 fully saturated rings. The molecule has 4 nitrogen and oxygen atoms in total. The standard InChI is InChI=1S/C12H12ClFN4S/c13-9-7-16-18(8-9)6-5-15-12(19)17-11-4-2-1-3-10(11)14/h1-4,7-8H,5-6H2,(H2,15,17,19). The first-order valence-corrected chi connectivity index (χ1v) is 6.41. The van der Waals surface area contributed by atoms with Crippen LogP contribution in [0.15, 0.2) is 36.7 Å². The molecule has 0 radical (unpaired) electrons. The van der Waals surface area contributed by atoms with Gasteiger partial charge in [0.1, 0.15) is 5.82 Å². The number of para-hydroxylation sites is 1. The van der Waals surface area contributed by atoms with Crippen molar-refractivity contribution in [3.63, 3.8) is 0 Å². The van der Waals surface area contributed by atoms with E-state index in [9.17, 15) is 4.39 Å². The molecule has 0 unspecified atom stereocenters. The Morgan fingerprint density at radius 1 is 1.42 bits per heavy atom. The quantitative estimate of drug-likeness (QED) is 0.852. The fourth-order valence-corrected chi connectivity index (χ4v) is 1.84. The topological polar surface area (TPSA) is 41.9 Å². The predicted octanol–water partition coefficient (Wildman–Crippen LogP) is 2.66. The molecule has 0 saturated carbocycles. The SMILES string of the molecule is Fc1ccccc1NC(=S)NCCn1cc(Cl)cn1. The lowest BCUT2D eigenvalue weighted by atomic mass is 10.3. The number of nitrogens with one attached hydrogen (secondary N) is 2. The Labute approximate surface area is 120 Å². The van der Waals surface area contributed by atoms with Crippen LogP contribution in [0.3, 0.4) is 0 Å². The summed E-state index contributed by atoms with van der Waals surface area (Å²) in [5.41, 5.74) is 0.349. The van der Waals surface area contributed by atoms with Crippen molar-refractivity contribution in [3.05, 3.63) is 47.5 Å². The van der Waals surface area contributed by atoms with Crippen molar-refractivity contribution in [2.24, 2.45) is 0 Å². The summed E-state index contributed by atoms with van der Waals surface area (Å²) in [6.07, 6.45) is 3.29. The van der Waals surface area contributed by atoms with Gasteiger partial charge in [-0.05, 0) is 24.4 Å². The molecule has 1 aromatic heterocycles. The maximum Gasteiger partial charge on any atom is 0.170 e. The van der Waals surface area contributed by atoms with Gasteiger partial charge in [-0.1, -0.05) is 23.7 Å². The van der Waals surface area contributed by atoms with Crippen LogP contribution >= 0.6 is 23.8 Å². The maximum absolute atomic E-state index is 13.4. The van der Waals surface area contributed by atoms with E-state index in [0.717, 1.165) is 0 Å². The monoisotopic (exact) mass is 298 g/mol. The number of hydrogen-bond acceptors (Lipinski definition) is 2. The third kappa shape index (κ3) is 4.18. The van der Waals surface area contributed by atoms with Crippen LogP contribution in [-0.2, 0) is 6.54 Å². The third-order valence-electron chi connectivity index (χ3n) is 2.35. The van der Waals surface area contributed by atoms with Crippen molar-refractivity contribution in [2.75, 3.05) is 11.9 Å². The molecule has 2 N–H and O–H groups in total. The zero-order valence-corrected chi connectivity index (χ0v) is 11.5. The molecule has 2 rings (SSSR count). The lowest BCUT2D eigenvalue weighted by Gasteiger charge is -2.10. The molecule has 19 heavy (non-hydrogen) atoms. The summed E-state index contributed by atoms with van der Waals surface area (Å²) in [7, 11) is 0. The largest absolute Gasteiger partial charge is 0.361 e. The number of benzene rings is 1. The van der Waals surface area contributed by atoms with Gasteiger partial charge in [-0.2, -0.15) is 5.10 Å². The first kappa shape index (κ1) is 13.8. The summed E-state index contributed by atoms with van der Waals surface area (Å²) < 4.78 is 15.1. The van der Waals surface area contributed by atoms with Gasteiger partial charge < -0.3 is 10.6 Å². The van der Waals surface area contributed by atoms with Gasteiger partial charge in [0.25, 0.3) is 0 Å². The van der Waals surface area contributed by atoms with Crippen LogP contribution in [0.4, 0.5) is 10.1 Å². The lowest BCUT2D eigenvalue weighted by Crippen LogP contribution is -2.31. The second-order valence-corrected chi connectivity index (χ2v) is 4.63. The molecule has 1 aromatic carbocycles. The van der Waals surface area contributed by atoms with Crippen LogP contribution in [0.2, 0.25) is 5.02 Å². The van der Waals surface area contributed by atoms with Crippen molar-refractivity contribution < 1.29 is 4.39 Å². The van der Waals surface area contributed by atoms with Crippen LogP contribution in [0, 0.1) is 5.82 Å². The number of nitrogens with zero attached hydrogens (tertiary/aromatic N) is 2. The predicted molar refractivity (Wildman–Crippen MR) is 77.9 cm³/mol. The average Bonchev–Trinajstić information content (AvgIpc) is 2.78. The van der Waals surface area contributed by atoms with Gasteiger partial charge in [0, 0.05) is 12.7 Å². The normalized spacial score (nSPS) is 10.2. The first-order chi connectivity index (χ1) is 9.15. The maximum atomic E-state index is 13.4. The minimum absolute atomic E-state index is 0.342. The molecular formula is C12H12ClFN4S. The summed E-state index contributed by atoms with van der Waals surface area (Å²) in [5.74, 6) is -0.342. The van der Waals surface area contributed by atoms with Crippen LogP contribution in [-0.4, -0.2) is 21.4 Å². The van der Waals surface area contributed by atoms with Gasteiger partial charge in [-0.3, -0.25) is 4.68 Å². The molecule has 0 aliphatic rings. The van der Waals surface area contributed by atoms with Crippen LogP contribution in [0.25, 0.3) is 0 Å². The van der Waals surface area contributed by atoms with Crippen LogP contribution < -0.4 is 10.6 Å². The van der Waals surface area contributed by atoms with Gasteiger partial charge in [-0.25, -0.2) is 4.39 Å². The van der Waals surface area contributed by atoms with Crippen molar-refractivity contribution in [1.82, 2.24) is 15.1 Å². The van der Waals surface area contributed by atoms with Crippen molar-refractivity contribution >= 4 is 34.6 Å². The van der Waals surface area contributed by atoms with E-state index in [4.69, 9.17) is 23.8 Å². The van der Waals surface area contributed by atoms with Crippen molar-refractivity contribution in [2.45, 2.75) is 6.54 Å². The second-order valence-electron chi connectivity index (χ2n) is 3.78. The highest BCUT2D eigenvalue weighted by atomic mass is 35.5. The van der Waals surface area contributed by atoms with Crippen molar-refractivity contribution in [1.29, 1.82) is 0 Å². The molecule has 100 valence electrons. The zero-order chi connectivity index (χ0) is 13.7. The van der Waals surface area contributed by atoms with Crippen molar-refractivity contribution in [3.8, 4) is 0 Å². The Bertz CT molecular complexity index is 572. The van der Waals surface area contributed by atoms with E-state index in [2.05, 4.69) is 15.7 Å². The average molecular weight is 299 g/mol. The Balaban J connectivity index is 1.77. The van der Waals surface area contributed by atoms with E-state index < -0.39 is 0 Å². The number of aromatic nitrogens is 2. The number of thiocarbonyl (C=S) groups is 1. The summed E-state index contributed by atoms with van der Waals surface area (Å²) >= 11 is 10.8. The highest BCUT2D eigenvalue weighted by Gasteiger charge is 2.02. The highest BCUT2D eigenvalue weighted by Crippen LogP contribution is 2.11. The molecule has 1 heterocycles. The number of anilines is 1. The fourth-order valence-electron chi connectivity index (χ4n) is 1.47. The molecule has 2 aromatic rings. The highest BCUT2D eigenvalue weighted by molar-refractivity contribution is 7.80. The minimum atomic E-state index is -0.342. The summed E-state index contributed by atoms with van der Waals surface area (Å²) in [4.78, 5) is 0.